The van der Waals surface area contributed by atoms with Gasteiger partial charge in [-0.25, -0.2) is 8.42 Å². The second-order valence-electron chi connectivity index (χ2n) is 2.37. The summed E-state index contributed by atoms with van der Waals surface area (Å²) in [6.07, 6.45) is 0. The molecule has 0 amide bonds. The van der Waals surface area contributed by atoms with E-state index in [2.05, 4.69) is 6.58 Å². The molecular weight excluding hydrogens is 231 g/mol. The summed E-state index contributed by atoms with van der Waals surface area (Å²) in [5.74, 6) is 0. The van der Waals surface area contributed by atoms with Gasteiger partial charge in [-0.15, -0.1) is 0 Å². The molecule has 0 spiro atoms. The molecule has 0 saturated heterocycles. The summed E-state index contributed by atoms with van der Waals surface area (Å²) in [6.45, 7) is 3.36. The van der Waals surface area contributed by atoms with Crippen molar-refractivity contribution in [1.82, 2.24) is 0 Å². The minimum Gasteiger partial charge on any atom is -0.207 e. The second kappa shape index (κ2) is 3.70. The topological polar surface area (TPSA) is 34.1 Å². The van der Waals surface area contributed by atoms with E-state index in [-0.39, 0.29) is 4.91 Å². The molecule has 0 radical (unpaired) electrons. The van der Waals surface area contributed by atoms with E-state index in [1.54, 1.807) is 18.2 Å². The smallest absolute Gasteiger partial charge is 0.207 e. The summed E-state index contributed by atoms with van der Waals surface area (Å²) in [6, 6.07) is 6.34. The lowest BCUT2D eigenvalue weighted by molar-refractivity contribution is 0.618. The molecule has 0 heterocycles. The normalized spacial score (nSPS) is 11.2. The van der Waals surface area contributed by atoms with E-state index in [1.165, 1.54) is 6.07 Å². The molecule has 5 heteroatoms. The summed E-state index contributed by atoms with van der Waals surface area (Å²) in [5.41, 5.74) is 0.405. The van der Waals surface area contributed by atoms with Crippen molar-refractivity contribution in [2.45, 2.75) is 0 Å². The van der Waals surface area contributed by atoms with Crippen LogP contribution in [-0.2, 0) is 9.05 Å². The Morgan fingerprint density at radius 3 is 2.46 bits per heavy atom. The van der Waals surface area contributed by atoms with Crippen molar-refractivity contribution < 1.29 is 8.42 Å². The lowest BCUT2D eigenvalue weighted by Gasteiger charge is -2.01. The van der Waals surface area contributed by atoms with Crippen molar-refractivity contribution in [2.75, 3.05) is 0 Å². The Hall–Kier alpha value is -0.510. The first kappa shape index (κ1) is 10.6. The molecule has 0 aliphatic rings. The maximum atomic E-state index is 10.9. The van der Waals surface area contributed by atoms with Gasteiger partial charge in [0, 0.05) is 15.7 Å². The molecule has 0 atom stereocenters. The molecule has 70 valence electrons. The quantitative estimate of drug-likeness (QED) is 0.741. The van der Waals surface area contributed by atoms with Crippen molar-refractivity contribution >= 4 is 36.2 Å². The van der Waals surface area contributed by atoms with Crippen LogP contribution in [0.25, 0.3) is 4.91 Å². The van der Waals surface area contributed by atoms with Crippen molar-refractivity contribution in [3.05, 3.63) is 41.4 Å². The molecule has 0 aliphatic carbocycles. The van der Waals surface area contributed by atoms with Gasteiger partial charge in [-0.1, -0.05) is 30.3 Å². The van der Waals surface area contributed by atoms with Crippen LogP contribution in [0.3, 0.4) is 0 Å². The summed E-state index contributed by atoms with van der Waals surface area (Å²) in [4.78, 5) is -0.142. The van der Waals surface area contributed by atoms with E-state index < -0.39 is 9.05 Å². The molecule has 0 unspecified atom stereocenters. The zero-order valence-electron chi connectivity index (χ0n) is 6.50. The Morgan fingerprint density at radius 2 is 2.00 bits per heavy atom. The summed E-state index contributed by atoms with van der Waals surface area (Å²) in [7, 11) is 1.35. The van der Waals surface area contributed by atoms with Crippen LogP contribution in [0.5, 0.6) is 0 Å². The summed E-state index contributed by atoms with van der Waals surface area (Å²) in [5, 5.41) is 0.443. The third-order valence-electron chi connectivity index (χ3n) is 1.44. The standard InChI is InChI=1S/C8H6Cl2O2S/c1-6(13(10,11)12)7-3-2-4-8(9)5-7/h2-5H,1H2. The molecule has 0 saturated carbocycles. The predicted octanol–water partition coefficient (Wildman–Crippen LogP) is 2.88. The van der Waals surface area contributed by atoms with Gasteiger partial charge in [-0.3, -0.25) is 0 Å². The van der Waals surface area contributed by atoms with E-state index in [1.807, 2.05) is 0 Å². The third-order valence-corrected chi connectivity index (χ3v) is 3.06. The molecule has 1 rings (SSSR count). The Kier molecular flexibility index (Phi) is 3.01. The van der Waals surface area contributed by atoms with Gasteiger partial charge in [0.25, 0.3) is 9.05 Å². The first-order valence-electron chi connectivity index (χ1n) is 3.31. The predicted molar refractivity (Wildman–Crippen MR) is 55.3 cm³/mol. The largest absolute Gasteiger partial charge is 0.261 e. The highest BCUT2D eigenvalue weighted by Crippen LogP contribution is 2.24. The molecule has 1 aromatic rings. The fraction of sp³-hybridized carbons (Fsp3) is 0. The molecule has 2 nitrogen and oxygen atoms in total. The van der Waals surface area contributed by atoms with Crippen molar-refractivity contribution in [2.24, 2.45) is 0 Å². The average Bonchev–Trinajstić information content (AvgIpc) is 2.01. The molecule has 0 aromatic heterocycles. The molecule has 0 bridgehead atoms. The molecular formula is C8H6Cl2O2S. The number of hydrogen-bond donors (Lipinski definition) is 0. The Bertz CT molecular complexity index is 437. The monoisotopic (exact) mass is 236 g/mol. The van der Waals surface area contributed by atoms with Crippen LogP contribution in [0.4, 0.5) is 0 Å². The second-order valence-corrected chi connectivity index (χ2v) is 5.40. The highest BCUT2D eigenvalue weighted by atomic mass is 35.7. The van der Waals surface area contributed by atoms with Crippen LogP contribution < -0.4 is 0 Å². The fourth-order valence-electron chi connectivity index (χ4n) is 0.803. The van der Waals surface area contributed by atoms with Crippen LogP contribution in [0.2, 0.25) is 5.02 Å². The van der Waals surface area contributed by atoms with Crippen LogP contribution in [0, 0.1) is 0 Å². The first-order valence-corrected chi connectivity index (χ1v) is 5.99. The highest BCUT2D eigenvalue weighted by Gasteiger charge is 2.13. The van der Waals surface area contributed by atoms with Crippen LogP contribution in [0.1, 0.15) is 5.56 Å². The minimum atomic E-state index is -3.75. The molecule has 0 fully saturated rings. The van der Waals surface area contributed by atoms with Gasteiger partial charge in [0.15, 0.2) is 0 Å². The van der Waals surface area contributed by atoms with Crippen molar-refractivity contribution in [1.29, 1.82) is 0 Å². The maximum Gasteiger partial charge on any atom is 0.261 e. The fourth-order valence-corrected chi connectivity index (χ4v) is 1.67. The van der Waals surface area contributed by atoms with Gasteiger partial charge in [-0.05, 0) is 17.7 Å². The zero-order valence-corrected chi connectivity index (χ0v) is 8.83. The van der Waals surface area contributed by atoms with E-state index in [0.29, 0.717) is 10.6 Å². The molecule has 1 aromatic carbocycles. The highest BCUT2D eigenvalue weighted by molar-refractivity contribution is 8.21. The van der Waals surface area contributed by atoms with Crippen LogP contribution >= 0.6 is 22.3 Å². The Balaban J connectivity index is 3.18. The number of hydrogen-bond acceptors (Lipinski definition) is 2. The van der Waals surface area contributed by atoms with Crippen molar-refractivity contribution in [3.8, 4) is 0 Å². The lowest BCUT2D eigenvalue weighted by atomic mass is 10.2. The summed E-state index contributed by atoms with van der Waals surface area (Å²) >= 11 is 5.66. The summed E-state index contributed by atoms with van der Waals surface area (Å²) < 4.78 is 21.7. The van der Waals surface area contributed by atoms with E-state index >= 15 is 0 Å². The van der Waals surface area contributed by atoms with E-state index in [0.717, 1.165) is 0 Å². The zero-order chi connectivity index (χ0) is 10.1. The van der Waals surface area contributed by atoms with Gasteiger partial charge in [-0.2, -0.15) is 0 Å². The van der Waals surface area contributed by atoms with Gasteiger partial charge < -0.3 is 0 Å². The number of rotatable bonds is 2. The van der Waals surface area contributed by atoms with Crippen LogP contribution in [-0.4, -0.2) is 8.42 Å². The SMILES string of the molecule is C=C(c1cccc(Cl)c1)S(=O)(=O)Cl. The first-order chi connectivity index (χ1) is 5.91. The van der Waals surface area contributed by atoms with E-state index in [9.17, 15) is 8.42 Å². The number of halogens is 2. The lowest BCUT2D eigenvalue weighted by Crippen LogP contribution is -1.92. The Labute approximate surface area is 86.2 Å². The maximum absolute atomic E-state index is 10.9. The number of benzene rings is 1. The van der Waals surface area contributed by atoms with Crippen molar-refractivity contribution in [3.63, 3.8) is 0 Å². The van der Waals surface area contributed by atoms with E-state index in [4.69, 9.17) is 22.3 Å². The minimum absolute atomic E-state index is 0.142. The third kappa shape index (κ3) is 2.72. The average molecular weight is 237 g/mol. The van der Waals surface area contributed by atoms with Crippen LogP contribution in [0.15, 0.2) is 30.8 Å². The Morgan fingerprint density at radius 1 is 1.38 bits per heavy atom. The molecule has 13 heavy (non-hydrogen) atoms. The van der Waals surface area contributed by atoms with Gasteiger partial charge in [0.1, 0.15) is 0 Å². The van der Waals surface area contributed by atoms with Gasteiger partial charge >= 0.3 is 0 Å². The molecule has 0 N–H and O–H groups in total. The molecule has 0 aliphatic heterocycles. The van der Waals surface area contributed by atoms with Gasteiger partial charge in [0.05, 0.1) is 4.91 Å². The van der Waals surface area contributed by atoms with Gasteiger partial charge in [0.2, 0.25) is 0 Å².